The summed E-state index contributed by atoms with van der Waals surface area (Å²) in [7, 11) is -5.09. The number of carbonyl (C=O) groups excluding carboxylic acids is 2. The zero-order chi connectivity index (χ0) is 29.0. The Hall–Kier alpha value is -3.76. The van der Waals surface area contributed by atoms with Crippen LogP contribution in [0.4, 0.5) is 46.9 Å². The molecule has 0 radical (unpaired) electrons. The lowest BCUT2D eigenvalue weighted by molar-refractivity contribution is -0.254. The summed E-state index contributed by atoms with van der Waals surface area (Å²) < 4.78 is 127. The minimum Gasteiger partial charge on any atom is -0.530 e. The van der Waals surface area contributed by atoms with Crippen LogP contribution in [-0.4, -0.2) is 44.8 Å². The van der Waals surface area contributed by atoms with Crippen molar-refractivity contribution < 1.29 is 58.6 Å². The minimum atomic E-state index is -5.29. The first kappa shape index (κ1) is 28.8. The third kappa shape index (κ3) is 5.01. The van der Waals surface area contributed by atoms with Gasteiger partial charge in [0.25, 0.3) is 15.9 Å². The Morgan fingerprint density at radius 2 is 1.68 bits per heavy atom. The second-order valence-corrected chi connectivity index (χ2v) is 10.4. The Morgan fingerprint density at radius 1 is 1.08 bits per heavy atom. The van der Waals surface area contributed by atoms with E-state index in [-0.39, 0.29) is 17.0 Å². The highest BCUT2D eigenvalue weighted by Gasteiger charge is 2.52. The fraction of sp³-hybridized carbons (Fsp3) is 0.333. The SMILES string of the molecule is CC(C)(N(C(=O)[O-])c1ccc2c(c1)N(S(=O)(=O)c1ccc(F)c(C(F)(F)F)c1)C[C@H](C(N)=O)O2)C(F)(F)F. The van der Waals surface area contributed by atoms with Gasteiger partial charge < -0.3 is 25.3 Å². The number of alkyl halides is 6. The van der Waals surface area contributed by atoms with Crippen molar-refractivity contribution in [2.24, 2.45) is 5.73 Å². The van der Waals surface area contributed by atoms with Crippen molar-refractivity contribution in [2.45, 2.75) is 42.7 Å². The van der Waals surface area contributed by atoms with Crippen LogP contribution in [0.3, 0.4) is 0 Å². The molecule has 2 amide bonds. The number of nitrogens with zero attached hydrogens (tertiary/aromatic N) is 2. The summed E-state index contributed by atoms with van der Waals surface area (Å²) >= 11 is 0. The Morgan fingerprint density at radius 3 is 2.18 bits per heavy atom. The predicted molar refractivity (Wildman–Crippen MR) is 114 cm³/mol. The van der Waals surface area contributed by atoms with E-state index in [1.807, 2.05) is 0 Å². The van der Waals surface area contributed by atoms with Gasteiger partial charge in [-0.25, -0.2) is 12.8 Å². The highest BCUT2D eigenvalue weighted by molar-refractivity contribution is 7.92. The van der Waals surface area contributed by atoms with Crippen LogP contribution in [0, 0.1) is 5.82 Å². The molecule has 1 aliphatic heterocycles. The summed E-state index contributed by atoms with van der Waals surface area (Å²) in [6.45, 7) is 0.0575. The lowest BCUT2D eigenvalue weighted by Crippen LogP contribution is -2.60. The van der Waals surface area contributed by atoms with Crippen LogP contribution in [-0.2, 0) is 21.0 Å². The third-order valence-corrected chi connectivity index (χ3v) is 7.43. The van der Waals surface area contributed by atoms with Crippen LogP contribution in [0.1, 0.15) is 19.4 Å². The number of benzene rings is 2. The lowest BCUT2D eigenvalue weighted by atomic mass is 10.0. The molecule has 0 saturated carbocycles. The number of amides is 2. The van der Waals surface area contributed by atoms with Gasteiger partial charge in [-0.15, -0.1) is 0 Å². The normalized spacial score (nSPS) is 16.4. The first-order chi connectivity index (χ1) is 17.2. The van der Waals surface area contributed by atoms with Gasteiger partial charge in [0.15, 0.2) is 6.10 Å². The van der Waals surface area contributed by atoms with E-state index in [9.17, 15) is 53.8 Å². The van der Waals surface area contributed by atoms with Crippen molar-refractivity contribution in [1.29, 1.82) is 0 Å². The molecule has 17 heteroatoms. The fourth-order valence-corrected chi connectivity index (χ4v) is 5.04. The number of carbonyl (C=O) groups is 2. The monoisotopic (exact) mass is 572 g/mol. The molecular formula is C21H17F7N3O6S-. The quantitative estimate of drug-likeness (QED) is 0.548. The van der Waals surface area contributed by atoms with Crippen molar-refractivity contribution in [3.8, 4) is 5.75 Å². The molecule has 1 aliphatic rings. The first-order valence-electron chi connectivity index (χ1n) is 10.3. The van der Waals surface area contributed by atoms with Gasteiger partial charge in [-0.2, -0.15) is 26.3 Å². The maximum Gasteiger partial charge on any atom is 0.419 e. The number of anilines is 2. The van der Waals surface area contributed by atoms with Crippen LogP contribution >= 0.6 is 0 Å². The largest absolute Gasteiger partial charge is 0.530 e. The fourth-order valence-electron chi connectivity index (χ4n) is 3.55. The molecule has 0 aliphatic carbocycles. The Kier molecular flexibility index (Phi) is 6.98. The molecule has 0 fully saturated rings. The number of fused-ring (bicyclic) bond motifs is 1. The maximum absolute atomic E-state index is 13.8. The molecule has 2 aromatic rings. The van der Waals surface area contributed by atoms with Crippen LogP contribution < -0.4 is 24.8 Å². The van der Waals surface area contributed by atoms with E-state index >= 15 is 0 Å². The number of hydrogen-bond acceptors (Lipinski definition) is 6. The van der Waals surface area contributed by atoms with Crippen LogP contribution in [0.25, 0.3) is 0 Å². The van der Waals surface area contributed by atoms with Gasteiger partial charge in [-0.05, 0) is 50.2 Å². The zero-order valence-corrected chi connectivity index (χ0v) is 20.0. The number of hydrogen-bond donors (Lipinski definition) is 1. The molecular weight excluding hydrogens is 555 g/mol. The molecule has 0 unspecified atom stereocenters. The van der Waals surface area contributed by atoms with E-state index < -0.39 is 86.0 Å². The molecule has 2 aromatic carbocycles. The lowest BCUT2D eigenvalue weighted by Gasteiger charge is -2.42. The Bertz CT molecular complexity index is 1390. The zero-order valence-electron chi connectivity index (χ0n) is 19.2. The van der Waals surface area contributed by atoms with Crippen LogP contribution in [0.5, 0.6) is 5.75 Å². The average molecular weight is 572 g/mol. The third-order valence-electron chi connectivity index (χ3n) is 5.65. The van der Waals surface area contributed by atoms with E-state index in [0.29, 0.717) is 30.3 Å². The molecule has 0 bridgehead atoms. The summed E-state index contributed by atoms with van der Waals surface area (Å²) in [5.41, 5.74) is -1.21. The second-order valence-electron chi connectivity index (χ2n) is 8.49. The molecule has 9 nitrogen and oxygen atoms in total. The number of nitrogens with two attached hydrogens (primary N) is 1. The van der Waals surface area contributed by atoms with Gasteiger partial charge in [-0.3, -0.25) is 9.10 Å². The van der Waals surface area contributed by atoms with Crippen molar-refractivity contribution in [3.05, 3.63) is 47.8 Å². The van der Waals surface area contributed by atoms with E-state index in [1.54, 1.807) is 0 Å². The standard InChI is InChI=1S/C21H18F7N3O6S/c1-19(2,21(26,27)28)31(18(33)34)10-3-6-15-14(7-10)30(9-16(37-15)17(29)32)38(35,36)11-4-5-13(22)12(8-11)20(23,24)25/h3-8,16H,9H2,1-2H3,(H2,29,32)(H,33,34)/p-1/t16-/m1/s1. The van der Waals surface area contributed by atoms with E-state index in [4.69, 9.17) is 10.5 Å². The van der Waals surface area contributed by atoms with Crippen LogP contribution in [0.15, 0.2) is 41.3 Å². The topological polar surface area (TPSA) is 133 Å². The molecule has 0 spiro atoms. The number of halogens is 7. The Labute approximate surface area is 210 Å². The number of sulfonamides is 1. The summed E-state index contributed by atoms with van der Waals surface area (Å²) in [5.74, 6) is -3.46. The first-order valence-corrected chi connectivity index (χ1v) is 11.7. The summed E-state index contributed by atoms with van der Waals surface area (Å²) in [6.07, 6.45) is -14.4. The minimum absolute atomic E-state index is 0.0107. The van der Waals surface area contributed by atoms with Gasteiger partial charge >= 0.3 is 12.4 Å². The van der Waals surface area contributed by atoms with Crippen LogP contribution in [0.2, 0.25) is 0 Å². The van der Waals surface area contributed by atoms with Gasteiger partial charge in [0.2, 0.25) is 0 Å². The summed E-state index contributed by atoms with van der Waals surface area (Å²) in [5, 5.41) is 11.7. The highest BCUT2D eigenvalue weighted by atomic mass is 32.2. The number of carboxylic acid groups (broad SMARTS) is 1. The van der Waals surface area contributed by atoms with E-state index in [0.717, 1.165) is 12.1 Å². The average Bonchev–Trinajstić information content (AvgIpc) is 2.76. The second kappa shape index (κ2) is 9.21. The molecule has 1 atom stereocenters. The molecule has 208 valence electrons. The molecule has 2 N–H and O–H groups in total. The van der Waals surface area contributed by atoms with E-state index in [2.05, 4.69) is 0 Å². The summed E-state index contributed by atoms with van der Waals surface area (Å²) in [6, 6.07) is 3.01. The molecule has 1 heterocycles. The Balaban J connectivity index is 2.25. The van der Waals surface area contributed by atoms with E-state index in [1.165, 1.54) is 0 Å². The summed E-state index contributed by atoms with van der Waals surface area (Å²) in [4.78, 5) is 22.2. The van der Waals surface area contributed by atoms with Crippen molar-refractivity contribution >= 4 is 33.4 Å². The number of primary amides is 1. The van der Waals surface area contributed by atoms with Crippen molar-refractivity contribution in [2.75, 3.05) is 15.7 Å². The number of ether oxygens (including phenoxy) is 1. The van der Waals surface area contributed by atoms with Gasteiger partial charge in [0, 0.05) is 5.69 Å². The highest BCUT2D eigenvalue weighted by Crippen LogP contribution is 2.44. The van der Waals surface area contributed by atoms with Gasteiger partial charge in [0.1, 0.15) is 23.2 Å². The molecule has 0 aromatic heterocycles. The van der Waals surface area contributed by atoms with Gasteiger partial charge in [0.05, 0.1) is 22.7 Å². The molecule has 0 saturated heterocycles. The number of rotatable bonds is 5. The van der Waals surface area contributed by atoms with Gasteiger partial charge in [-0.1, -0.05) is 0 Å². The smallest absolute Gasteiger partial charge is 0.419 e. The van der Waals surface area contributed by atoms with Crippen molar-refractivity contribution in [1.82, 2.24) is 0 Å². The molecule has 3 rings (SSSR count). The molecule has 38 heavy (non-hydrogen) atoms. The maximum atomic E-state index is 13.8. The predicted octanol–water partition coefficient (Wildman–Crippen LogP) is 2.78. The van der Waals surface area contributed by atoms with Crippen molar-refractivity contribution in [3.63, 3.8) is 0 Å².